The van der Waals surface area contributed by atoms with Crippen molar-refractivity contribution in [1.82, 2.24) is 0 Å². The summed E-state index contributed by atoms with van der Waals surface area (Å²) in [4.78, 5) is 11.1. The van der Waals surface area contributed by atoms with Crippen LogP contribution in [0.4, 0.5) is 4.39 Å². The van der Waals surface area contributed by atoms with E-state index in [1.165, 1.54) is 13.2 Å². The van der Waals surface area contributed by atoms with Crippen LogP contribution in [0.1, 0.15) is 18.4 Å². The summed E-state index contributed by atoms with van der Waals surface area (Å²) in [6.07, 6.45) is 0.844. The number of carboxylic acids is 1. The molecule has 1 N–H and O–H groups in total. The molecule has 5 heteroatoms. The van der Waals surface area contributed by atoms with E-state index < -0.39 is 17.2 Å². The Hall–Kier alpha value is -1.29. The first kappa shape index (κ1) is 11.2. The van der Waals surface area contributed by atoms with Crippen molar-refractivity contribution < 1.29 is 19.0 Å². The topological polar surface area (TPSA) is 46.5 Å². The van der Waals surface area contributed by atoms with Crippen molar-refractivity contribution in [2.75, 3.05) is 7.11 Å². The fraction of sp³-hybridized carbons (Fsp3) is 0.364. The zero-order chi connectivity index (χ0) is 11.9. The highest BCUT2D eigenvalue weighted by Crippen LogP contribution is 2.52. The van der Waals surface area contributed by atoms with Gasteiger partial charge in [0.1, 0.15) is 11.6 Å². The minimum atomic E-state index is -1.13. The number of hydrogen-bond acceptors (Lipinski definition) is 2. The molecular weight excluding hydrogens is 235 g/mol. The number of carboxylic acid groups (broad SMARTS) is 1. The Labute approximate surface area is 96.8 Å². The lowest BCUT2D eigenvalue weighted by molar-refractivity contribution is -0.140. The molecule has 1 saturated carbocycles. The van der Waals surface area contributed by atoms with Crippen molar-refractivity contribution in [3.63, 3.8) is 0 Å². The maximum absolute atomic E-state index is 13.8. The SMILES string of the molecule is COc1cc(F)c(C2(C(=O)O)CC2)c(Cl)c1. The molecule has 1 aromatic rings. The third-order valence-corrected chi connectivity index (χ3v) is 3.19. The van der Waals surface area contributed by atoms with Gasteiger partial charge in [0.15, 0.2) is 0 Å². The van der Waals surface area contributed by atoms with Gasteiger partial charge in [-0.05, 0) is 18.9 Å². The number of benzene rings is 1. The van der Waals surface area contributed by atoms with Crippen LogP contribution in [0.3, 0.4) is 0 Å². The summed E-state index contributed by atoms with van der Waals surface area (Å²) < 4.78 is 18.6. The molecule has 1 fully saturated rings. The van der Waals surface area contributed by atoms with Crippen molar-refractivity contribution in [2.24, 2.45) is 0 Å². The lowest BCUT2D eigenvalue weighted by atomic mass is 9.95. The number of carbonyl (C=O) groups is 1. The number of aliphatic carboxylic acids is 1. The molecule has 86 valence electrons. The largest absolute Gasteiger partial charge is 0.497 e. The first-order chi connectivity index (χ1) is 7.51. The van der Waals surface area contributed by atoms with Gasteiger partial charge in [-0.1, -0.05) is 11.6 Å². The molecule has 0 amide bonds. The Balaban J connectivity index is 2.54. The van der Waals surface area contributed by atoms with Gasteiger partial charge < -0.3 is 9.84 Å². The predicted octanol–water partition coefficient (Wildman–Crippen LogP) is 2.60. The minimum absolute atomic E-state index is 0.0717. The molecule has 0 spiro atoms. The molecule has 1 aromatic carbocycles. The second-order valence-electron chi connectivity index (χ2n) is 3.85. The molecule has 0 bridgehead atoms. The van der Waals surface area contributed by atoms with Crippen LogP contribution in [0.15, 0.2) is 12.1 Å². The summed E-state index contributed by atoms with van der Waals surface area (Å²) >= 11 is 5.90. The Morgan fingerprint density at radius 3 is 2.56 bits per heavy atom. The second kappa shape index (κ2) is 3.63. The van der Waals surface area contributed by atoms with Crippen molar-refractivity contribution in [3.8, 4) is 5.75 Å². The fourth-order valence-electron chi connectivity index (χ4n) is 1.82. The van der Waals surface area contributed by atoms with Crippen LogP contribution in [0.5, 0.6) is 5.75 Å². The normalized spacial score (nSPS) is 16.9. The number of rotatable bonds is 3. The van der Waals surface area contributed by atoms with E-state index >= 15 is 0 Å². The molecule has 0 aromatic heterocycles. The van der Waals surface area contributed by atoms with E-state index in [4.69, 9.17) is 21.4 Å². The Morgan fingerprint density at radius 2 is 2.19 bits per heavy atom. The number of halogens is 2. The fourth-order valence-corrected chi connectivity index (χ4v) is 2.20. The van der Waals surface area contributed by atoms with E-state index in [9.17, 15) is 9.18 Å². The monoisotopic (exact) mass is 244 g/mol. The van der Waals surface area contributed by atoms with E-state index in [-0.39, 0.29) is 16.3 Å². The summed E-state index contributed by atoms with van der Waals surface area (Å²) in [6.45, 7) is 0. The van der Waals surface area contributed by atoms with Crippen molar-refractivity contribution in [1.29, 1.82) is 0 Å². The lowest BCUT2D eigenvalue weighted by Crippen LogP contribution is -2.21. The molecule has 0 unspecified atom stereocenters. The molecule has 16 heavy (non-hydrogen) atoms. The maximum atomic E-state index is 13.8. The molecular formula is C11H10ClFO3. The van der Waals surface area contributed by atoms with E-state index in [0.29, 0.717) is 12.8 Å². The maximum Gasteiger partial charge on any atom is 0.314 e. The molecule has 1 aliphatic carbocycles. The summed E-state index contributed by atoms with van der Waals surface area (Å²) in [5.41, 5.74) is -1.06. The average Bonchev–Trinajstić information content (AvgIpc) is 2.98. The van der Waals surface area contributed by atoms with E-state index in [1.807, 2.05) is 0 Å². The third kappa shape index (κ3) is 1.53. The van der Waals surface area contributed by atoms with Crippen molar-refractivity contribution >= 4 is 17.6 Å². The van der Waals surface area contributed by atoms with E-state index in [2.05, 4.69) is 0 Å². The van der Waals surface area contributed by atoms with Crippen molar-refractivity contribution in [3.05, 3.63) is 28.5 Å². The zero-order valence-electron chi connectivity index (χ0n) is 8.59. The number of methoxy groups -OCH3 is 1. The molecule has 0 saturated heterocycles. The van der Waals surface area contributed by atoms with Gasteiger partial charge in [0.25, 0.3) is 0 Å². The zero-order valence-corrected chi connectivity index (χ0v) is 9.34. The highest BCUT2D eigenvalue weighted by Gasteiger charge is 2.54. The number of ether oxygens (including phenoxy) is 1. The van der Waals surface area contributed by atoms with Crippen LogP contribution in [0.25, 0.3) is 0 Å². The Morgan fingerprint density at radius 1 is 1.56 bits per heavy atom. The van der Waals surface area contributed by atoms with Crippen LogP contribution in [-0.4, -0.2) is 18.2 Å². The van der Waals surface area contributed by atoms with Crippen LogP contribution in [-0.2, 0) is 10.2 Å². The molecule has 0 radical (unpaired) electrons. The standard InChI is InChI=1S/C11H10ClFO3/c1-16-6-4-7(12)9(8(13)5-6)11(2-3-11)10(14)15/h4-5H,2-3H2,1H3,(H,14,15). The minimum Gasteiger partial charge on any atom is -0.497 e. The van der Waals surface area contributed by atoms with Crippen molar-refractivity contribution in [2.45, 2.75) is 18.3 Å². The highest BCUT2D eigenvalue weighted by atomic mass is 35.5. The van der Waals surface area contributed by atoms with Gasteiger partial charge >= 0.3 is 5.97 Å². The third-order valence-electron chi connectivity index (χ3n) is 2.89. The smallest absolute Gasteiger partial charge is 0.314 e. The second-order valence-corrected chi connectivity index (χ2v) is 4.26. The van der Waals surface area contributed by atoms with Gasteiger partial charge in [0.2, 0.25) is 0 Å². The molecule has 0 aliphatic heterocycles. The molecule has 0 atom stereocenters. The Kier molecular flexibility index (Phi) is 2.54. The predicted molar refractivity (Wildman–Crippen MR) is 56.5 cm³/mol. The van der Waals surface area contributed by atoms with Gasteiger partial charge in [-0.3, -0.25) is 4.79 Å². The first-order valence-electron chi connectivity index (χ1n) is 4.78. The van der Waals surface area contributed by atoms with Gasteiger partial charge in [0.05, 0.1) is 17.5 Å². The Bertz CT molecular complexity index is 432. The van der Waals surface area contributed by atoms with E-state index in [0.717, 1.165) is 6.07 Å². The quantitative estimate of drug-likeness (QED) is 0.889. The lowest BCUT2D eigenvalue weighted by Gasteiger charge is -2.14. The summed E-state index contributed by atoms with van der Waals surface area (Å²) in [5.74, 6) is -1.37. The van der Waals surface area contributed by atoms with Gasteiger partial charge in [0, 0.05) is 11.6 Å². The summed E-state index contributed by atoms with van der Waals surface area (Å²) in [5, 5.41) is 9.18. The molecule has 3 nitrogen and oxygen atoms in total. The molecule has 1 aliphatic rings. The highest BCUT2D eigenvalue weighted by molar-refractivity contribution is 6.32. The summed E-state index contributed by atoms with van der Waals surface area (Å²) in [6, 6.07) is 2.59. The van der Waals surface area contributed by atoms with Crippen LogP contribution in [0.2, 0.25) is 5.02 Å². The van der Waals surface area contributed by atoms with Crippen LogP contribution < -0.4 is 4.74 Å². The van der Waals surface area contributed by atoms with E-state index in [1.54, 1.807) is 0 Å². The molecule has 2 rings (SSSR count). The van der Waals surface area contributed by atoms with Crippen LogP contribution in [0, 0.1) is 5.82 Å². The first-order valence-corrected chi connectivity index (χ1v) is 5.16. The van der Waals surface area contributed by atoms with Gasteiger partial charge in [-0.15, -0.1) is 0 Å². The average molecular weight is 245 g/mol. The van der Waals surface area contributed by atoms with Gasteiger partial charge in [-0.25, -0.2) is 4.39 Å². The van der Waals surface area contributed by atoms with Crippen LogP contribution >= 0.6 is 11.6 Å². The van der Waals surface area contributed by atoms with Gasteiger partial charge in [-0.2, -0.15) is 0 Å². The summed E-state index contributed by atoms with van der Waals surface area (Å²) in [7, 11) is 1.40. The molecule has 0 heterocycles. The number of hydrogen-bond donors (Lipinski definition) is 1.